The van der Waals surface area contributed by atoms with E-state index < -0.39 is 0 Å². The van der Waals surface area contributed by atoms with E-state index in [-0.39, 0.29) is 0 Å². The lowest BCUT2D eigenvalue weighted by molar-refractivity contribution is 0.905. The van der Waals surface area contributed by atoms with Crippen molar-refractivity contribution in [3.8, 4) is 11.4 Å². The summed E-state index contributed by atoms with van der Waals surface area (Å²) in [5.41, 5.74) is 10.2. The van der Waals surface area contributed by atoms with Crippen LogP contribution in [0.4, 0.5) is 0 Å². The molecular formula is C15H15N5. The van der Waals surface area contributed by atoms with Gasteiger partial charge >= 0.3 is 0 Å². The van der Waals surface area contributed by atoms with Crippen LogP contribution in [-0.2, 0) is 6.42 Å². The van der Waals surface area contributed by atoms with Crippen molar-refractivity contribution in [3.05, 3.63) is 48.0 Å². The molecule has 0 aliphatic carbocycles. The quantitative estimate of drug-likeness (QED) is 0.782. The third-order valence-electron chi connectivity index (χ3n) is 3.04. The molecule has 2 aromatic heterocycles. The first-order valence-corrected chi connectivity index (χ1v) is 6.52. The second-order valence-electron chi connectivity index (χ2n) is 4.62. The summed E-state index contributed by atoms with van der Waals surface area (Å²) in [7, 11) is 0. The normalized spacial score (nSPS) is 10.9. The fourth-order valence-electron chi connectivity index (χ4n) is 2.14. The molecule has 0 unspecified atom stereocenters. The number of aromatic nitrogens is 4. The zero-order valence-electron chi connectivity index (χ0n) is 11.2. The molecule has 3 rings (SSSR count). The Bertz CT molecular complexity index is 754. The third-order valence-corrected chi connectivity index (χ3v) is 3.04. The second-order valence-corrected chi connectivity index (χ2v) is 4.62. The van der Waals surface area contributed by atoms with E-state index in [9.17, 15) is 0 Å². The van der Waals surface area contributed by atoms with E-state index in [1.165, 1.54) is 0 Å². The summed E-state index contributed by atoms with van der Waals surface area (Å²) in [6, 6.07) is 7.84. The summed E-state index contributed by atoms with van der Waals surface area (Å²) in [4.78, 5) is 17.6. The van der Waals surface area contributed by atoms with Crippen molar-refractivity contribution >= 4 is 11.0 Å². The number of nitrogens with zero attached hydrogens (tertiary/aromatic N) is 4. The number of hydrogen-bond donors (Lipinski definition) is 1. The van der Waals surface area contributed by atoms with Crippen molar-refractivity contribution in [2.45, 2.75) is 13.3 Å². The molecule has 5 nitrogen and oxygen atoms in total. The lowest BCUT2D eigenvalue weighted by Crippen LogP contribution is -2.06. The van der Waals surface area contributed by atoms with Crippen LogP contribution in [0.2, 0.25) is 0 Å². The van der Waals surface area contributed by atoms with Crippen molar-refractivity contribution in [2.75, 3.05) is 6.54 Å². The van der Waals surface area contributed by atoms with Crippen molar-refractivity contribution in [2.24, 2.45) is 5.73 Å². The number of aryl methyl sites for hydroxylation is 1. The van der Waals surface area contributed by atoms with Crippen molar-refractivity contribution in [1.82, 2.24) is 19.9 Å². The van der Waals surface area contributed by atoms with Gasteiger partial charge in [-0.25, -0.2) is 9.97 Å². The monoisotopic (exact) mass is 265 g/mol. The van der Waals surface area contributed by atoms with Crippen molar-refractivity contribution in [3.63, 3.8) is 0 Å². The molecule has 0 amide bonds. The minimum atomic E-state index is 0.582. The van der Waals surface area contributed by atoms with E-state index in [0.29, 0.717) is 12.4 Å². The molecule has 0 spiro atoms. The lowest BCUT2D eigenvalue weighted by atomic mass is 10.1. The highest BCUT2D eigenvalue weighted by atomic mass is 14.9. The fourth-order valence-corrected chi connectivity index (χ4v) is 2.14. The van der Waals surface area contributed by atoms with Gasteiger partial charge in [0.2, 0.25) is 0 Å². The molecule has 0 bridgehead atoms. The standard InChI is InChI=1S/C15H15N5/c1-10-8-12(4-5-16)20-15(19-10)11-2-3-13-14(9-11)18-7-6-17-13/h2-3,6-9H,4-5,16H2,1H3. The molecule has 0 atom stereocenters. The topological polar surface area (TPSA) is 77.6 Å². The van der Waals surface area contributed by atoms with Crippen LogP contribution in [0.3, 0.4) is 0 Å². The average molecular weight is 265 g/mol. The zero-order valence-corrected chi connectivity index (χ0v) is 11.2. The Balaban J connectivity index is 2.10. The van der Waals surface area contributed by atoms with E-state index in [1.54, 1.807) is 12.4 Å². The zero-order chi connectivity index (χ0) is 13.9. The molecule has 100 valence electrons. The van der Waals surface area contributed by atoms with Crippen molar-refractivity contribution < 1.29 is 0 Å². The van der Waals surface area contributed by atoms with Gasteiger partial charge in [-0.1, -0.05) is 0 Å². The highest BCUT2D eigenvalue weighted by molar-refractivity contribution is 5.79. The molecule has 0 saturated heterocycles. The predicted molar refractivity (Wildman–Crippen MR) is 78.1 cm³/mol. The van der Waals surface area contributed by atoms with E-state index in [0.717, 1.165) is 34.4 Å². The van der Waals surface area contributed by atoms with E-state index in [2.05, 4.69) is 19.9 Å². The van der Waals surface area contributed by atoms with Crippen LogP contribution in [0.1, 0.15) is 11.4 Å². The van der Waals surface area contributed by atoms with Gasteiger partial charge in [0.05, 0.1) is 11.0 Å². The molecule has 0 fully saturated rings. The molecule has 1 aromatic carbocycles. The molecule has 0 aliphatic heterocycles. The smallest absolute Gasteiger partial charge is 0.159 e. The highest BCUT2D eigenvalue weighted by Gasteiger charge is 2.06. The highest BCUT2D eigenvalue weighted by Crippen LogP contribution is 2.20. The van der Waals surface area contributed by atoms with E-state index in [4.69, 9.17) is 5.73 Å². The summed E-state index contributed by atoms with van der Waals surface area (Å²) in [5, 5.41) is 0. The molecule has 0 radical (unpaired) electrons. The van der Waals surface area contributed by atoms with Gasteiger partial charge < -0.3 is 5.73 Å². The number of benzene rings is 1. The summed E-state index contributed by atoms with van der Waals surface area (Å²) in [6.45, 7) is 2.55. The molecule has 0 aliphatic rings. The van der Waals surface area contributed by atoms with Gasteiger partial charge in [0.15, 0.2) is 5.82 Å². The van der Waals surface area contributed by atoms with Gasteiger partial charge in [0.25, 0.3) is 0 Å². The summed E-state index contributed by atoms with van der Waals surface area (Å²) in [6.07, 6.45) is 4.12. The average Bonchev–Trinajstić information content (AvgIpc) is 2.46. The van der Waals surface area contributed by atoms with Gasteiger partial charge in [-0.2, -0.15) is 0 Å². The number of hydrogen-bond acceptors (Lipinski definition) is 5. The van der Waals surface area contributed by atoms with Crippen LogP contribution >= 0.6 is 0 Å². The van der Waals surface area contributed by atoms with E-state index >= 15 is 0 Å². The summed E-state index contributed by atoms with van der Waals surface area (Å²) < 4.78 is 0. The molecule has 20 heavy (non-hydrogen) atoms. The Morgan fingerprint density at radius 3 is 2.60 bits per heavy atom. The SMILES string of the molecule is Cc1cc(CCN)nc(-c2ccc3nccnc3c2)n1. The molecular weight excluding hydrogens is 250 g/mol. The van der Waals surface area contributed by atoms with Crippen LogP contribution in [0.15, 0.2) is 36.7 Å². The fraction of sp³-hybridized carbons (Fsp3) is 0.200. The largest absolute Gasteiger partial charge is 0.330 e. The first kappa shape index (κ1) is 12.6. The number of rotatable bonds is 3. The van der Waals surface area contributed by atoms with Gasteiger partial charge in [-0.05, 0) is 37.7 Å². The maximum atomic E-state index is 5.60. The Hall–Kier alpha value is -2.40. The molecule has 3 aromatic rings. The minimum Gasteiger partial charge on any atom is -0.330 e. The van der Waals surface area contributed by atoms with Crippen LogP contribution in [0.25, 0.3) is 22.4 Å². The van der Waals surface area contributed by atoms with Crippen LogP contribution in [0.5, 0.6) is 0 Å². The predicted octanol–water partition coefficient (Wildman–Crippen LogP) is 1.90. The Morgan fingerprint density at radius 1 is 1.00 bits per heavy atom. The van der Waals surface area contributed by atoms with Crippen LogP contribution in [0, 0.1) is 6.92 Å². The number of nitrogens with two attached hydrogens (primary N) is 1. The second kappa shape index (κ2) is 5.30. The van der Waals surface area contributed by atoms with Gasteiger partial charge in [-0.3, -0.25) is 9.97 Å². The molecule has 5 heteroatoms. The molecule has 2 heterocycles. The Labute approximate surface area is 116 Å². The molecule has 2 N–H and O–H groups in total. The Morgan fingerprint density at radius 2 is 1.80 bits per heavy atom. The molecule has 0 saturated carbocycles. The number of fused-ring (bicyclic) bond motifs is 1. The van der Waals surface area contributed by atoms with Gasteiger partial charge in [0.1, 0.15) is 0 Å². The Kier molecular flexibility index (Phi) is 3.35. The van der Waals surface area contributed by atoms with Crippen molar-refractivity contribution in [1.29, 1.82) is 0 Å². The van der Waals surface area contributed by atoms with Gasteiger partial charge in [-0.15, -0.1) is 0 Å². The van der Waals surface area contributed by atoms with E-state index in [1.807, 2.05) is 31.2 Å². The summed E-state index contributed by atoms with van der Waals surface area (Å²) >= 11 is 0. The van der Waals surface area contributed by atoms with Gasteiger partial charge in [0, 0.05) is 35.8 Å². The maximum absolute atomic E-state index is 5.60. The van der Waals surface area contributed by atoms with Crippen LogP contribution in [-0.4, -0.2) is 26.5 Å². The third kappa shape index (κ3) is 2.48. The lowest BCUT2D eigenvalue weighted by Gasteiger charge is -2.06. The first-order valence-electron chi connectivity index (χ1n) is 6.52. The minimum absolute atomic E-state index is 0.582. The van der Waals surface area contributed by atoms with Crippen LogP contribution < -0.4 is 5.73 Å². The first-order chi connectivity index (χ1) is 9.76. The summed E-state index contributed by atoms with van der Waals surface area (Å²) in [5.74, 6) is 0.709. The maximum Gasteiger partial charge on any atom is 0.159 e.